The molecule has 4 nitrogen and oxygen atoms in total. The number of hydrogen-bond donors (Lipinski definition) is 1. The van der Waals surface area contributed by atoms with Crippen molar-refractivity contribution >= 4 is 11.8 Å². The first-order valence-corrected chi connectivity index (χ1v) is 7.03. The van der Waals surface area contributed by atoms with E-state index in [1.165, 1.54) is 4.90 Å². The third-order valence-corrected chi connectivity index (χ3v) is 3.57. The normalized spacial score (nSPS) is 21.4. The molecule has 0 saturated carbocycles. The minimum Gasteiger partial charge on any atom is -0.449 e. The summed E-state index contributed by atoms with van der Waals surface area (Å²) in [5.74, 6) is 0. The van der Waals surface area contributed by atoms with Gasteiger partial charge >= 0.3 is 6.09 Å². The summed E-state index contributed by atoms with van der Waals surface area (Å²) in [6, 6.07) is 6.87. The molecule has 0 bridgehead atoms. The van der Waals surface area contributed by atoms with E-state index in [-0.39, 0.29) is 6.54 Å². The Bertz CT molecular complexity index is 450. The molecule has 1 aromatic carbocycles. The molecule has 1 aliphatic heterocycles. The maximum atomic E-state index is 13.7. The summed E-state index contributed by atoms with van der Waals surface area (Å²) in [6.45, 7) is 2.56. The molecule has 2 unspecified atom stereocenters. The number of amides is 1. The van der Waals surface area contributed by atoms with Crippen LogP contribution in [-0.2, 0) is 11.2 Å². The second-order valence-corrected chi connectivity index (χ2v) is 5.15. The lowest BCUT2D eigenvalue weighted by atomic mass is 9.94. The third kappa shape index (κ3) is 3.40. The molecule has 1 saturated heterocycles. The molecule has 110 valence electrons. The van der Waals surface area contributed by atoms with E-state index in [1.54, 1.807) is 12.1 Å². The van der Waals surface area contributed by atoms with Crippen LogP contribution in [0.2, 0.25) is 0 Å². The first-order chi connectivity index (χ1) is 9.61. The van der Waals surface area contributed by atoms with Gasteiger partial charge in [-0.05, 0) is 30.5 Å². The number of rotatable bonds is 5. The summed E-state index contributed by atoms with van der Waals surface area (Å²) >= 11 is 0. The maximum Gasteiger partial charge on any atom is 0.410 e. The number of carbonyl (C=O) groups excluding carboxylic acids is 1. The number of nitrogens with two attached hydrogens (primary N) is 1. The third-order valence-electron chi connectivity index (χ3n) is 3.57. The van der Waals surface area contributed by atoms with Crippen molar-refractivity contribution in [1.29, 1.82) is 0 Å². The van der Waals surface area contributed by atoms with E-state index in [0.29, 0.717) is 18.7 Å². The highest BCUT2D eigenvalue weighted by molar-refractivity contribution is 5.69. The highest BCUT2D eigenvalue weighted by atomic mass is 19.1. The number of halogens is 1. The highest BCUT2D eigenvalue weighted by Crippen LogP contribution is 2.26. The van der Waals surface area contributed by atoms with Gasteiger partial charge in [-0.15, -0.1) is 0 Å². The number of nitrogens with zero attached hydrogens (tertiary/aromatic N) is 1. The van der Waals surface area contributed by atoms with Crippen molar-refractivity contribution in [1.82, 2.24) is 4.90 Å². The van der Waals surface area contributed by atoms with Gasteiger partial charge in [0, 0.05) is 5.69 Å². The summed E-state index contributed by atoms with van der Waals surface area (Å²) in [6.07, 6.45) is 0.901. The van der Waals surface area contributed by atoms with Crippen LogP contribution in [0.4, 0.5) is 14.9 Å². The number of unbranched alkanes of at least 4 members (excludes halogenated alkanes) is 1. The Balaban J connectivity index is 1.89. The second kappa shape index (κ2) is 6.59. The molecule has 0 aliphatic carbocycles. The van der Waals surface area contributed by atoms with Crippen LogP contribution in [0.5, 0.6) is 0 Å². The van der Waals surface area contributed by atoms with Crippen molar-refractivity contribution in [2.24, 2.45) is 0 Å². The van der Waals surface area contributed by atoms with Crippen molar-refractivity contribution in [2.75, 3.05) is 18.9 Å². The fourth-order valence-corrected chi connectivity index (χ4v) is 2.23. The van der Waals surface area contributed by atoms with E-state index in [2.05, 4.69) is 0 Å². The lowest BCUT2D eigenvalue weighted by Crippen LogP contribution is -2.61. The number of likely N-dealkylation sites (tertiary alicyclic amines) is 1. The molecular weight excluding hydrogens is 259 g/mol. The Labute approximate surface area is 118 Å². The average Bonchev–Trinajstić information content (AvgIpc) is 2.44. The molecule has 1 fully saturated rings. The SMILES string of the molecule is CCCCOC(=O)N1CC(F)C1Cc1ccc(N)cc1. The van der Waals surface area contributed by atoms with Gasteiger partial charge in [0.15, 0.2) is 0 Å². The van der Waals surface area contributed by atoms with Crippen LogP contribution in [-0.4, -0.2) is 36.4 Å². The van der Waals surface area contributed by atoms with Crippen LogP contribution >= 0.6 is 0 Å². The van der Waals surface area contributed by atoms with Gasteiger partial charge in [-0.25, -0.2) is 9.18 Å². The minimum atomic E-state index is -0.980. The quantitative estimate of drug-likeness (QED) is 0.666. The smallest absolute Gasteiger partial charge is 0.410 e. The van der Waals surface area contributed by atoms with Gasteiger partial charge in [0.2, 0.25) is 0 Å². The van der Waals surface area contributed by atoms with E-state index in [9.17, 15) is 9.18 Å². The molecule has 1 amide bonds. The summed E-state index contributed by atoms with van der Waals surface area (Å²) in [5, 5.41) is 0. The van der Waals surface area contributed by atoms with E-state index in [4.69, 9.17) is 10.5 Å². The van der Waals surface area contributed by atoms with Crippen molar-refractivity contribution in [2.45, 2.75) is 38.4 Å². The molecule has 1 aromatic rings. The summed E-state index contributed by atoms with van der Waals surface area (Å²) < 4.78 is 18.8. The number of nitrogen functional groups attached to an aromatic ring is 1. The summed E-state index contributed by atoms with van der Waals surface area (Å²) in [4.78, 5) is 13.3. The monoisotopic (exact) mass is 280 g/mol. The molecule has 20 heavy (non-hydrogen) atoms. The van der Waals surface area contributed by atoms with Crippen LogP contribution in [0.3, 0.4) is 0 Å². The standard InChI is InChI=1S/C15H21FN2O2/c1-2-3-8-20-15(19)18-10-13(16)14(18)9-11-4-6-12(17)7-5-11/h4-7,13-14H,2-3,8-10,17H2,1H3. The number of carbonyl (C=O) groups is 1. The molecule has 0 aromatic heterocycles. The molecule has 5 heteroatoms. The van der Waals surface area contributed by atoms with Gasteiger partial charge in [0.05, 0.1) is 19.2 Å². The Kier molecular flexibility index (Phi) is 4.82. The second-order valence-electron chi connectivity index (χ2n) is 5.15. The number of alkyl halides is 1. The van der Waals surface area contributed by atoms with E-state index < -0.39 is 18.3 Å². The molecule has 2 rings (SSSR count). The largest absolute Gasteiger partial charge is 0.449 e. The number of hydrogen-bond acceptors (Lipinski definition) is 3. The number of benzene rings is 1. The molecule has 2 atom stereocenters. The summed E-state index contributed by atoms with van der Waals surface area (Å²) in [5.41, 5.74) is 7.26. The van der Waals surface area contributed by atoms with Gasteiger partial charge < -0.3 is 10.5 Å². The molecule has 1 aliphatic rings. The zero-order valence-electron chi connectivity index (χ0n) is 11.7. The predicted octanol–water partition coefficient (Wildman–Crippen LogP) is 2.77. The molecule has 2 N–H and O–H groups in total. The Morgan fingerprint density at radius 1 is 1.45 bits per heavy atom. The van der Waals surface area contributed by atoms with Gasteiger partial charge in [-0.3, -0.25) is 4.90 Å². The molecule has 0 spiro atoms. The van der Waals surface area contributed by atoms with Crippen molar-refractivity contribution in [3.05, 3.63) is 29.8 Å². The molecule has 1 heterocycles. The zero-order chi connectivity index (χ0) is 14.5. The molecule has 0 radical (unpaired) electrons. The Morgan fingerprint density at radius 2 is 2.15 bits per heavy atom. The number of anilines is 1. The van der Waals surface area contributed by atoms with E-state index in [0.717, 1.165) is 18.4 Å². The first kappa shape index (κ1) is 14.6. The van der Waals surface area contributed by atoms with E-state index >= 15 is 0 Å². The minimum absolute atomic E-state index is 0.130. The number of ether oxygens (including phenoxy) is 1. The average molecular weight is 280 g/mol. The fraction of sp³-hybridized carbons (Fsp3) is 0.533. The van der Waals surface area contributed by atoms with Gasteiger partial charge in [0.1, 0.15) is 6.17 Å². The fourth-order valence-electron chi connectivity index (χ4n) is 2.23. The predicted molar refractivity (Wildman–Crippen MR) is 76.2 cm³/mol. The van der Waals surface area contributed by atoms with Gasteiger partial charge in [0.25, 0.3) is 0 Å². The lowest BCUT2D eigenvalue weighted by Gasteiger charge is -2.43. The zero-order valence-corrected chi connectivity index (χ0v) is 11.7. The van der Waals surface area contributed by atoms with Crippen LogP contribution in [0.25, 0.3) is 0 Å². The van der Waals surface area contributed by atoms with Crippen molar-refractivity contribution in [3.8, 4) is 0 Å². The van der Waals surface area contributed by atoms with Crippen LogP contribution in [0, 0.1) is 0 Å². The van der Waals surface area contributed by atoms with Gasteiger partial charge in [-0.1, -0.05) is 25.5 Å². The van der Waals surface area contributed by atoms with Crippen LogP contribution < -0.4 is 5.73 Å². The highest BCUT2D eigenvalue weighted by Gasteiger charge is 2.43. The topological polar surface area (TPSA) is 55.6 Å². The maximum absolute atomic E-state index is 13.7. The van der Waals surface area contributed by atoms with Gasteiger partial charge in [-0.2, -0.15) is 0 Å². The van der Waals surface area contributed by atoms with Crippen molar-refractivity contribution < 1.29 is 13.9 Å². The Morgan fingerprint density at radius 3 is 2.75 bits per heavy atom. The van der Waals surface area contributed by atoms with Crippen LogP contribution in [0.15, 0.2) is 24.3 Å². The lowest BCUT2D eigenvalue weighted by molar-refractivity contribution is -0.0111. The van der Waals surface area contributed by atoms with Crippen LogP contribution in [0.1, 0.15) is 25.3 Å². The first-order valence-electron chi connectivity index (χ1n) is 7.03. The van der Waals surface area contributed by atoms with E-state index in [1.807, 2.05) is 19.1 Å². The Hall–Kier alpha value is -1.78. The van der Waals surface area contributed by atoms with Crippen molar-refractivity contribution in [3.63, 3.8) is 0 Å². The molecular formula is C15H21FN2O2. The summed E-state index contributed by atoms with van der Waals surface area (Å²) in [7, 11) is 0.